The number of nitrogens with zero attached hydrogens (tertiary/aromatic N) is 4. The number of pyridine rings is 2. The molecule has 33 heavy (non-hydrogen) atoms. The van der Waals surface area contributed by atoms with Crippen molar-refractivity contribution in [1.82, 2.24) is 19.9 Å². The number of anilines is 1. The summed E-state index contributed by atoms with van der Waals surface area (Å²) in [4.78, 5) is 17.7. The number of hydrogen-bond acceptors (Lipinski definition) is 6. The van der Waals surface area contributed by atoms with E-state index in [0.717, 1.165) is 11.3 Å². The number of fused-ring (bicyclic) bond motifs is 1. The van der Waals surface area contributed by atoms with Gasteiger partial charge in [0.25, 0.3) is 0 Å². The topological polar surface area (TPSA) is 72.8 Å². The summed E-state index contributed by atoms with van der Waals surface area (Å²) in [6.45, 7) is 0.435. The van der Waals surface area contributed by atoms with Crippen LogP contribution in [0.25, 0.3) is 33.4 Å². The molecular formula is C26H20FN5O. The number of aromatic nitrogens is 4. The van der Waals surface area contributed by atoms with Gasteiger partial charge in [-0.05, 0) is 59.7 Å². The summed E-state index contributed by atoms with van der Waals surface area (Å²) in [5.74, 6) is 1.18. The minimum atomic E-state index is -0.432. The van der Waals surface area contributed by atoms with Gasteiger partial charge < -0.3 is 10.1 Å². The Bertz CT molecular complexity index is 1410. The van der Waals surface area contributed by atoms with Crippen LogP contribution in [0.1, 0.15) is 5.69 Å². The minimum absolute atomic E-state index is 0.235. The monoisotopic (exact) mass is 437 g/mol. The lowest BCUT2D eigenvalue weighted by atomic mass is 10.0. The molecule has 0 radical (unpaired) electrons. The first-order chi connectivity index (χ1) is 16.2. The van der Waals surface area contributed by atoms with Gasteiger partial charge in [0.05, 0.1) is 19.3 Å². The van der Waals surface area contributed by atoms with Gasteiger partial charge in [0.15, 0.2) is 5.82 Å². The molecule has 0 unspecified atom stereocenters. The van der Waals surface area contributed by atoms with Crippen molar-refractivity contribution in [3.8, 4) is 28.3 Å². The molecule has 162 valence electrons. The molecule has 0 saturated heterocycles. The number of halogens is 1. The van der Waals surface area contributed by atoms with E-state index < -0.39 is 5.82 Å². The highest BCUT2D eigenvalue weighted by Gasteiger charge is 2.15. The van der Waals surface area contributed by atoms with E-state index >= 15 is 4.39 Å². The standard InChI is InChI=1S/C26H20FN5O/c1-33-21-9-4-6-17(12-21)19-13-22-24(23(27)14-19)31-25(18-7-5-10-28-15-18)32-26(22)30-16-20-8-2-3-11-29-20/h2-15H,16H2,1H3,(H,30,31,32). The maximum absolute atomic E-state index is 15.4. The molecule has 0 fully saturated rings. The van der Waals surface area contributed by atoms with Crippen molar-refractivity contribution in [3.05, 3.63) is 96.8 Å². The van der Waals surface area contributed by atoms with Crippen molar-refractivity contribution >= 4 is 16.7 Å². The maximum Gasteiger partial charge on any atom is 0.163 e. The number of nitrogens with one attached hydrogen (secondary N) is 1. The number of benzene rings is 2. The first-order valence-electron chi connectivity index (χ1n) is 10.4. The number of ether oxygens (including phenoxy) is 1. The van der Waals surface area contributed by atoms with Crippen molar-refractivity contribution in [2.45, 2.75) is 6.54 Å². The summed E-state index contributed by atoms with van der Waals surface area (Å²) in [7, 11) is 1.60. The van der Waals surface area contributed by atoms with E-state index in [1.165, 1.54) is 6.07 Å². The van der Waals surface area contributed by atoms with Gasteiger partial charge in [0.1, 0.15) is 22.9 Å². The molecule has 0 aliphatic carbocycles. The van der Waals surface area contributed by atoms with Gasteiger partial charge in [0.2, 0.25) is 0 Å². The Kier molecular flexibility index (Phi) is 5.59. The molecule has 1 N–H and O–H groups in total. The average molecular weight is 437 g/mol. The summed E-state index contributed by atoms with van der Waals surface area (Å²) in [6.07, 6.45) is 5.06. The second kappa shape index (κ2) is 9.00. The van der Waals surface area contributed by atoms with Crippen LogP contribution in [0, 0.1) is 5.82 Å². The predicted octanol–water partition coefficient (Wildman–Crippen LogP) is 5.51. The third kappa shape index (κ3) is 4.34. The van der Waals surface area contributed by atoms with Gasteiger partial charge in [-0.2, -0.15) is 0 Å². The third-order valence-corrected chi connectivity index (χ3v) is 5.24. The molecule has 7 heteroatoms. The molecule has 0 aliphatic rings. The van der Waals surface area contributed by atoms with Crippen LogP contribution >= 0.6 is 0 Å². The quantitative estimate of drug-likeness (QED) is 0.377. The van der Waals surface area contributed by atoms with Gasteiger partial charge >= 0.3 is 0 Å². The van der Waals surface area contributed by atoms with E-state index in [4.69, 9.17) is 9.72 Å². The van der Waals surface area contributed by atoms with Crippen LogP contribution < -0.4 is 10.1 Å². The van der Waals surface area contributed by atoms with Crippen LogP contribution in [0.3, 0.4) is 0 Å². The average Bonchev–Trinajstić information content (AvgIpc) is 2.88. The van der Waals surface area contributed by atoms with Crippen molar-refractivity contribution in [1.29, 1.82) is 0 Å². The fourth-order valence-corrected chi connectivity index (χ4v) is 3.60. The first kappa shape index (κ1) is 20.5. The molecule has 6 nitrogen and oxygen atoms in total. The lowest BCUT2D eigenvalue weighted by molar-refractivity contribution is 0.415. The van der Waals surface area contributed by atoms with Gasteiger partial charge in [-0.15, -0.1) is 0 Å². The molecule has 0 spiro atoms. The van der Waals surface area contributed by atoms with E-state index in [9.17, 15) is 0 Å². The fraction of sp³-hybridized carbons (Fsp3) is 0.0769. The number of hydrogen-bond donors (Lipinski definition) is 1. The molecule has 3 aromatic heterocycles. The van der Waals surface area contributed by atoms with Crippen LogP contribution in [0.4, 0.5) is 10.2 Å². The molecule has 0 aliphatic heterocycles. The lowest BCUT2D eigenvalue weighted by Crippen LogP contribution is -2.06. The SMILES string of the molecule is COc1cccc(-c2cc(F)c3nc(-c4cccnc4)nc(NCc4ccccn4)c3c2)c1. The van der Waals surface area contributed by atoms with Crippen LogP contribution in [0.5, 0.6) is 5.75 Å². The van der Waals surface area contributed by atoms with Crippen molar-refractivity contribution in [3.63, 3.8) is 0 Å². The van der Waals surface area contributed by atoms with Gasteiger partial charge in [-0.1, -0.05) is 18.2 Å². The summed E-state index contributed by atoms with van der Waals surface area (Å²) >= 11 is 0. The molecule has 5 rings (SSSR count). The number of rotatable bonds is 6. The van der Waals surface area contributed by atoms with E-state index in [2.05, 4.69) is 20.3 Å². The van der Waals surface area contributed by atoms with Gasteiger partial charge in [-0.3, -0.25) is 9.97 Å². The van der Waals surface area contributed by atoms with Crippen LogP contribution in [-0.4, -0.2) is 27.0 Å². The van der Waals surface area contributed by atoms with E-state index in [-0.39, 0.29) is 5.52 Å². The predicted molar refractivity (Wildman–Crippen MR) is 126 cm³/mol. The minimum Gasteiger partial charge on any atom is -0.497 e. The molecule has 3 heterocycles. The lowest BCUT2D eigenvalue weighted by Gasteiger charge is -2.13. The Morgan fingerprint density at radius 1 is 0.879 bits per heavy atom. The zero-order valence-electron chi connectivity index (χ0n) is 17.9. The maximum atomic E-state index is 15.4. The van der Waals surface area contributed by atoms with Crippen molar-refractivity contribution in [2.24, 2.45) is 0 Å². The third-order valence-electron chi connectivity index (χ3n) is 5.24. The summed E-state index contributed by atoms with van der Waals surface area (Å²) in [6, 6.07) is 20.2. The highest BCUT2D eigenvalue weighted by Crippen LogP contribution is 2.32. The Balaban J connectivity index is 1.66. The van der Waals surface area contributed by atoms with Gasteiger partial charge in [0, 0.05) is 29.5 Å². The smallest absolute Gasteiger partial charge is 0.163 e. The Labute approximate surface area is 190 Å². The Morgan fingerprint density at radius 3 is 2.58 bits per heavy atom. The molecule has 0 atom stereocenters. The number of methoxy groups -OCH3 is 1. The second-order valence-electron chi connectivity index (χ2n) is 7.40. The fourth-order valence-electron chi connectivity index (χ4n) is 3.60. The van der Waals surface area contributed by atoms with Gasteiger partial charge in [-0.25, -0.2) is 14.4 Å². The molecule has 0 saturated carbocycles. The van der Waals surface area contributed by atoms with E-state index in [0.29, 0.717) is 40.4 Å². The van der Waals surface area contributed by atoms with Crippen LogP contribution in [0.15, 0.2) is 85.3 Å². The molecule has 5 aromatic rings. The zero-order chi connectivity index (χ0) is 22.6. The summed E-state index contributed by atoms with van der Waals surface area (Å²) in [5.41, 5.74) is 3.33. The van der Waals surface area contributed by atoms with Crippen molar-refractivity contribution < 1.29 is 9.13 Å². The van der Waals surface area contributed by atoms with E-state index in [1.54, 1.807) is 31.8 Å². The van der Waals surface area contributed by atoms with E-state index in [1.807, 2.05) is 54.6 Å². The second-order valence-corrected chi connectivity index (χ2v) is 7.40. The molecule has 0 bridgehead atoms. The molecule has 2 aromatic carbocycles. The summed E-state index contributed by atoms with van der Waals surface area (Å²) < 4.78 is 20.7. The summed E-state index contributed by atoms with van der Waals surface area (Å²) in [5, 5.41) is 3.90. The largest absolute Gasteiger partial charge is 0.497 e. The van der Waals surface area contributed by atoms with Crippen molar-refractivity contribution in [2.75, 3.05) is 12.4 Å². The highest BCUT2D eigenvalue weighted by atomic mass is 19.1. The van der Waals surface area contributed by atoms with Crippen LogP contribution in [0.2, 0.25) is 0 Å². The normalized spacial score (nSPS) is 10.8. The highest BCUT2D eigenvalue weighted by molar-refractivity contribution is 5.94. The zero-order valence-corrected chi connectivity index (χ0v) is 17.9. The molecule has 0 amide bonds. The van der Waals surface area contributed by atoms with Crippen LogP contribution in [-0.2, 0) is 6.54 Å². The first-order valence-corrected chi connectivity index (χ1v) is 10.4. The Morgan fingerprint density at radius 2 is 1.79 bits per heavy atom. The Hall–Kier alpha value is -4.39. The molecular weight excluding hydrogens is 417 g/mol.